The zero-order valence-electron chi connectivity index (χ0n) is 18.6. The second kappa shape index (κ2) is 9.99. The number of hydrogen-bond acceptors (Lipinski definition) is 6. The highest BCUT2D eigenvalue weighted by atomic mass is 32.2. The number of nitrogens with zero attached hydrogens (tertiary/aromatic N) is 2. The van der Waals surface area contributed by atoms with Gasteiger partial charge in [-0.3, -0.25) is 9.59 Å². The number of rotatable bonds is 6. The molecule has 1 heterocycles. The van der Waals surface area contributed by atoms with Crippen molar-refractivity contribution in [2.75, 3.05) is 32.8 Å². The standard InChI is InChI=1S/C22H31N3O6S/c1-3-31-21(28)22(11-5-4-6-12-22)23-20(27)18-7-9-19(10-8-18)32(29,30)25-15-13-24(14-16-25)17(2)26/h7-10H,3-6,11-16H2,1-2H3,(H,23,27). The van der Waals surface area contributed by atoms with Crippen LogP contribution in [0.1, 0.15) is 56.3 Å². The van der Waals surface area contributed by atoms with Crippen molar-refractivity contribution >= 4 is 27.8 Å². The van der Waals surface area contributed by atoms with Crippen LogP contribution in [-0.4, -0.2) is 73.7 Å². The molecule has 10 heteroatoms. The summed E-state index contributed by atoms with van der Waals surface area (Å²) >= 11 is 0. The van der Waals surface area contributed by atoms with Crippen LogP contribution in [0.5, 0.6) is 0 Å². The van der Waals surface area contributed by atoms with Crippen LogP contribution < -0.4 is 5.32 Å². The van der Waals surface area contributed by atoms with E-state index in [1.807, 2.05) is 0 Å². The lowest BCUT2D eigenvalue weighted by atomic mass is 9.81. The number of benzene rings is 1. The van der Waals surface area contributed by atoms with Crippen molar-refractivity contribution in [3.05, 3.63) is 29.8 Å². The molecule has 1 aliphatic carbocycles. The van der Waals surface area contributed by atoms with Gasteiger partial charge in [-0.25, -0.2) is 13.2 Å². The van der Waals surface area contributed by atoms with Crippen LogP contribution in [0, 0.1) is 0 Å². The van der Waals surface area contributed by atoms with E-state index in [1.54, 1.807) is 11.8 Å². The first-order valence-corrected chi connectivity index (χ1v) is 12.5. The van der Waals surface area contributed by atoms with Gasteiger partial charge in [-0.15, -0.1) is 0 Å². The molecule has 3 rings (SSSR count). The molecule has 1 saturated carbocycles. The van der Waals surface area contributed by atoms with Gasteiger partial charge in [-0.2, -0.15) is 4.31 Å². The summed E-state index contributed by atoms with van der Waals surface area (Å²) in [7, 11) is -3.72. The Morgan fingerprint density at radius 2 is 1.59 bits per heavy atom. The van der Waals surface area contributed by atoms with Crippen molar-refractivity contribution in [2.24, 2.45) is 0 Å². The molecule has 1 aliphatic heterocycles. The number of hydrogen-bond donors (Lipinski definition) is 1. The minimum absolute atomic E-state index is 0.0732. The van der Waals surface area contributed by atoms with Crippen LogP contribution >= 0.6 is 0 Å². The first-order valence-electron chi connectivity index (χ1n) is 11.0. The van der Waals surface area contributed by atoms with Crippen molar-refractivity contribution in [1.29, 1.82) is 0 Å². The molecule has 32 heavy (non-hydrogen) atoms. The van der Waals surface area contributed by atoms with E-state index in [0.717, 1.165) is 19.3 Å². The van der Waals surface area contributed by atoms with E-state index >= 15 is 0 Å². The van der Waals surface area contributed by atoms with Crippen LogP contribution in [0.25, 0.3) is 0 Å². The van der Waals surface area contributed by atoms with Crippen LogP contribution in [0.15, 0.2) is 29.2 Å². The van der Waals surface area contributed by atoms with Gasteiger partial charge in [-0.05, 0) is 44.0 Å². The zero-order chi connectivity index (χ0) is 23.4. The van der Waals surface area contributed by atoms with Crippen LogP contribution in [0.2, 0.25) is 0 Å². The fourth-order valence-electron chi connectivity index (χ4n) is 4.26. The van der Waals surface area contributed by atoms with E-state index in [0.29, 0.717) is 25.9 Å². The van der Waals surface area contributed by atoms with Crippen LogP contribution in [0.4, 0.5) is 0 Å². The fraction of sp³-hybridized carbons (Fsp3) is 0.591. The Morgan fingerprint density at radius 1 is 1.00 bits per heavy atom. The third-order valence-corrected chi connectivity index (χ3v) is 8.08. The predicted molar refractivity (Wildman–Crippen MR) is 117 cm³/mol. The quantitative estimate of drug-likeness (QED) is 0.638. The summed E-state index contributed by atoms with van der Waals surface area (Å²) in [6.45, 7) is 4.60. The van der Waals surface area contributed by atoms with E-state index in [4.69, 9.17) is 4.74 Å². The first-order chi connectivity index (χ1) is 15.2. The minimum atomic E-state index is -3.72. The number of esters is 1. The Labute approximate surface area is 189 Å². The fourth-order valence-corrected chi connectivity index (χ4v) is 5.69. The molecule has 0 radical (unpaired) electrons. The third kappa shape index (κ3) is 5.12. The summed E-state index contributed by atoms with van der Waals surface area (Å²) in [4.78, 5) is 38.6. The largest absolute Gasteiger partial charge is 0.464 e. The Hall–Kier alpha value is -2.46. The normalized spacial score (nSPS) is 19.2. The highest BCUT2D eigenvalue weighted by Crippen LogP contribution is 2.30. The van der Waals surface area contributed by atoms with Gasteiger partial charge in [0.15, 0.2) is 0 Å². The molecule has 0 unspecified atom stereocenters. The summed E-state index contributed by atoms with van der Waals surface area (Å²) in [5, 5.41) is 2.86. The summed E-state index contributed by atoms with van der Waals surface area (Å²) in [6.07, 6.45) is 3.71. The maximum absolute atomic E-state index is 12.9. The SMILES string of the molecule is CCOC(=O)C1(NC(=O)c2ccc(S(=O)(=O)N3CCN(C(C)=O)CC3)cc2)CCCCC1. The molecule has 1 aromatic carbocycles. The molecule has 2 fully saturated rings. The smallest absolute Gasteiger partial charge is 0.331 e. The van der Waals surface area contributed by atoms with Crippen molar-refractivity contribution in [3.63, 3.8) is 0 Å². The maximum Gasteiger partial charge on any atom is 0.331 e. The molecule has 9 nitrogen and oxygen atoms in total. The molecule has 1 N–H and O–H groups in total. The molecule has 0 aromatic heterocycles. The summed E-state index contributed by atoms with van der Waals surface area (Å²) in [5.74, 6) is -0.924. The highest BCUT2D eigenvalue weighted by Gasteiger charge is 2.42. The van der Waals surface area contributed by atoms with Gasteiger partial charge in [0.2, 0.25) is 15.9 Å². The van der Waals surface area contributed by atoms with E-state index in [1.165, 1.54) is 35.5 Å². The minimum Gasteiger partial charge on any atom is -0.464 e. The second-order valence-corrected chi connectivity index (χ2v) is 10.2. The molecule has 176 valence electrons. The van der Waals surface area contributed by atoms with Crippen LogP contribution in [-0.2, 0) is 24.3 Å². The first kappa shape index (κ1) is 24.2. The van der Waals surface area contributed by atoms with Crippen molar-refractivity contribution in [3.8, 4) is 0 Å². The lowest BCUT2D eigenvalue weighted by Gasteiger charge is -2.35. The highest BCUT2D eigenvalue weighted by molar-refractivity contribution is 7.89. The third-order valence-electron chi connectivity index (χ3n) is 6.16. The molecule has 1 aromatic rings. The van der Waals surface area contributed by atoms with Crippen molar-refractivity contribution < 1.29 is 27.5 Å². The van der Waals surface area contributed by atoms with Crippen molar-refractivity contribution in [1.82, 2.24) is 14.5 Å². The topological polar surface area (TPSA) is 113 Å². The van der Waals surface area contributed by atoms with Gasteiger partial charge >= 0.3 is 5.97 Å². The zero-order valence-corrected chi connectivity index (χ0v) is 19.4. The Kier molecular flexibility index (Phi) is 7.55. The number of sulfonamides is 1. The van der Waals surface area contributed by atoms with Gasteiger partial charge in [-0.1, -0.05) is 19.3 Å². The van der Waals surface area contributed by atoms with E-state index < -0.39 is 27.4 Å². The molecular formula is C22H31N3O6S. The summed E-state index contributed by atoms with van der Waals surface area (Å²) in [5.41, 5.74) is -0.758. The number of carbonyl (C=O) groups excluding carboxylic acids is 3. The number of piperazine rings is 1. The predicted octanol–water partition coefficient (Wildman–Crippen LogP) is 1.54. The van der Waals surface area contributed by atoms with Crippen molar-refractivity contribution in [2.45, 2.75) is 56.4 Å². The Bertz CT molecular complexity index is 946. The average Bonchev–Trinajstić information content (AvgIpc) is 2.80. The Balaban J connectivity index is 1.71. The molecule has 1 saturated heterocycles. The summed E-state index contributed by atoms with van der Waals surface area (Å²) in [6, 6.07) is 5.71. The number of ether oxygens (including phenoxy) is 1. The number of amides is 2. The average molecular weight is 466 g/mol. The monoisotopic (exact) mass is 465 g/mol. The molecule has 0 atom stereocenters. The van der Waals surface area contributed by atoms with Gasteiger partial charge in [0, 0.05) is 38.7 Å². The Morgan fingerprint density at radius 3 is 2.12 bits per heavy atom. The lowest BCUT2D eigenvalue weighted by Crippen LogP contribution is -2.56. The molecule has 2 aliphatic rings. The van der Waals surface area contributed by atoms with Gasteiger partial charge in [0.25, 0.3) is 5.91 Å². The van der Waals surface area contributed by atoms with E-state index in [2.05, 4.69) is 5.32 Å². The van der Waals surface area contributed by atoms with E-state index in [9.17, 15) is 22.8 Å². The van der Waals surface area contributed by atoms with Gasteiger partial charge < -0.3 is 15.0 Å². The number of nitrogens with one attached hydrogen (secondary N) is 1. The summed E-state index contributed by atoms with van der Waals surface area (Å²) < 4.78 is 32.4. The molecule has 0 spiro atoms. The van der Waals surface area contributed by atoms with Gasteiger partial charge in [0.1, 0.15) is 5.54 Å². The molecule has 2 amide bonds. The number of carbonyl (C=O) groups is 3. The van der Waals surface area contributed by atoms with Gasteiger partial charge in [0.05, 0.1) is 11.5 Å². The van der Waals surface area contributed by atoms with Crippen LogP contribution in [0.3, 0.4) is 0 Å². The molecule has 0 bridgehead atoms. The molecular weight excluding hydrogens is 434 g/mol. The second-order valence-electron chi connectivity index (χ2n) is 8.25. The van der Waals surface area contributed by atoms with E-state index in [-0.39, 0.29) is 36.1 Å². The maximum atomic E-state index is 12.9. The lowest BCUT2D eigenvalue weighted by molar-refractivity contribution is -0.152.